The fourth-order valence-corrected chi connectivity index (χ4v) is 11.5. The number of nitrogens with zero attached hydrogens (tertiary/aromatic N) is 1. The Labute approximate surface area is 354 Å². The van der Waals surface area contributed by atoms with Gasteiger partial charge in [0.25, 0.3) is 0 Å². The maximum Gasteiger partial charge on any atom is 0.346 e. The van der Waals surface area contributed by atoms with Crippen molar-refractivity contribution in [3.63, 3.8) is 0 Å². The Morgan fingerprint density at radius 1 is 0.542 bits per heavy atom. The standard InChI is InChI=1S/C30H48N.C24H18BO3/c1-6-10-20-31(21-11-7-2,22-12-8-3)29(15-9-4)24(5)28-23-26-18-13-16-25-17-14-19-27(28)30(25)26;26-25(27-21-13-17-9-1-5-15-7-3-11-19(21)23(15)17)28-22-14-18-10-2-6-16-8-4-12-20(22)24(16)18/h13-14,16-19,24,28-29H,6-12,15,20-23H2,1-5H3;1-12,21-22H,13-14H2/q+1;-1. The lowest BCUT2D eigenvalue weighted by Gasteiger charge is -2.49. The Morgan fingerprint density at radius 2 is 0.932 bits per heavy atom. The summed E-state index contributed by atoms with van der Waals surface area (Å²) in [4.78, 5) is 0. The molecule has 0 N–H and O–H groups in total. The van der Waals surface area contributed by atoms with E-state index in [9.17, 15) is 5.02 Å². The van der Waals surface area contributed by atoms with Gasteiger partial charge in [0.2, 0.25) is 0 Å². The predicted molar refractivity (Wildman–Crippen MR) is 247 cm³/mol. The van der Waals surface area contributed by atoms with E-state index in [2.05, 4.69) is 132 Å². The average molecular weight is 788 g/mol. The highest BCUT2D eigenvalue weighted by Gasteiger charge is 2.43. The third-order valence-corrected chi connectivity index (χ3v) is 14.4. The Morgan fingerprint density at radius 3 is 1.36 bits per heavy atom. The molecule has 6 aromatic carbocycles. The highest BCUT2D eigenvalue weighted by Crippen LogP contribution is 2.46. The Kier molecular flexibility index (Phi) is 13.2. The minimum atomic E-state index is -1.51. The fourth-order valence-electron chi connectivity index (χ4n) is 11.5. The van der Waals surface area contributed by atoms with Crippen molar-refractivity contribution < 1.29 is 18.8 Å². The molecule has 59 heavy (non-hydrogen) atoms. The third-order valence-electron chi connectivity index (χ3n) is 14.4. The zero-order chi connectivity index (χ0) is 40.9. The average Bonchev–Trinajstić information content (AvgIpc) is 3.94. The summed E-state index contributed by atoms with van der Waals surface area (Å²) in [5.74, 6) is 1.41. The fraction of sp³-hybridized carbons (Fsp3) is 0.444. The maximum atomic E-state index is 12.7. The van der Waals surface area contributed by atoms with Gasteiger partial charge in [-0.1, -0.05) is 169 Å². The van der Waals surface area contributed by atoms with E-state index in [1.54, 1.807) is 16.5 Å². The van der Waals surface area contributed by atoms with Gasteiger partial charge in [-0.15, -0.1) is 0 Å². The number of hydrogen-bond acceptors (Lipinski definition) is 3. The van der Waals surface area contributed by atoms with Crippen LogP contribution in [0.2, 0.25) is 0 Å². The summed E-state index contributed by atoms with van der Waals surface area (Å²) in [6, 6.07) is 39.7. The van der Waals surface area contributed by atoms with Gasteiger partial charge >= 0.3 is 7.32 Å². The van der Waals surface area contributed by atoms with Crippen molar-refractivity contribution in [3.8, 4) is 0 Å². The monoisotopic (exact) mass is 788 g/mol. The molecular weight excluding hydrogens is 721 g/mol. The van der Waals surface area contributed by atoms with Crippen molar-refractivity contribution in [1.82, 2.24) is 0 Å². The summed E-state index contributed by atoms with van der Waals surface area (Å²) < 4.78 is 13.1. The van der Waals surface area contributed by atoms with Crippen LogP contribution in [0, 0.1) is 5.92 Å². The molecule has 0 aliphatic heterocycles. The molecule has 3 aliphatic rings. The maximum absolute atomic E-state index is 12.7. The molecule has 0 amide bonds. The topological polar surface area (TPSA) is 41.5 Å². The normalized spacial score (nSPS) is 18.7. The number of quaternary nitrogens is 1. The van der Waals surface area contributed by atoms with E-state index < -0.39 is 7.32 Å². The van der Waals surface area contributed by atoms with E-state index in [-0.39, 0.29) is 12.2 Å². The molecule has 5 atom stereocenters. The lowest BCUT2D eigenvalue weighted by atomic mass is 9.79. The van der Waals surface area contributed by atoms with Crippen LogP contribution in [0.5, 0.6) is 0 Å². The first-order valence-electron chi connectivity index (χ1n) is 23.2. The second kappa shape index (κ2) is 18.7. The van der Waals surface area contributed by atoms with E-state index in [4.69, 9.17) is 9.31 Å². The minimum Gasteiger partial charge on any atom is -0.832 e. The van der Waals surface area contributed by atoms with Crippen LogP contribution in [-0.4, -0.2) is 37.5 Å². The number of benzene rings is 6. The molecule has 0 radical (unpaired) electrons. The van der Waals surface area contributed by atoms with E-state index in [1.807, 2.05) is 12.1 Å². The number of hydrogen-bond donors (Lipinski definition) is 0. The molecule has 0 saturated carbocycles. The predicted octanol–water partition coefficient (Wildman–Crippen LogP) is 12.8. The van der Waals surface area contributed by atoms with Crippen LogP contribution in [0.1, 0.15) is 137 Å². The van der Waals surface area contributed by atoms with E-state index in [1.165, 1.54) is 120 Å². The van der Waals surface area contributed by atoms with E-state index in [0.717, 1.165) is 35.9 Å². The summed E-state index contributed by atoms with van der Waals surface area (Å²) >= 11 is 0. The second-order valence-electron chi connectivity index (χ2n) is 18.0. The van der Waals surface area contributed by atoms with Gasteiger partial charge in [-0.25, -0.2) is 0 Å². The van der Waals surface area contributed by atoms with Crippen molar-refractivity contribution in [2.75, 3.05) is 19.6 Å². The first-order chi connectivity index (χ1) is 28.9. The van der Waals surface area contributed by atoms with Crippen LogP contribution >= 0.6 is 0 Å². The Bertz CT molecular complexity index is 2220. The summed E-state index contributed by atoms with van der Waals surface area (Å²) in [5.41, 5.74) is 7.89. The van der Waals surface area contributed by atoms with Crippen LogP contribution in [0.15, 0.2) is 109 Å². The Hall–Kier alpha value is -4.00. The van der Waals surface area contributed by atoms with Crippen LogP contribution in [0.3, 0.4) is 0 Å². The molecule has 4 nitrogen and oxygen atoms in total. The lowest BCUT2D eigenvalue weighted by Crippen LogP contribution is -2.60. The molecule has 9 rings (SSSR count). The molecule has 0 saturated heterocycles. The lowest BCUT2D eigenvalue weighted by molar-refractivity contribution is -0.956. The summed E-state index contributed by atoms with van der Waals surface area (Å²) in [7, 11) is -1.51. The van der Waals surface area contributed by atoms with Crippen LogP contribution in [0.25, 0.3) is 32.3 Å². The van der Waals surface area contributed by atoms with Crippen LogP contribution < -0.4 is 5.02 Å². The van der Waals surface area contributed by atoms with E-state index in [0.29, 0.717) is 5.92 Å². The molecule has 3 aliphatic carbocycles. The van der Waals surface area contributed by atoms with Gasteiger partial charge in [-0.3, -0.25) is 0 Å². The summed E-state index contributed by atoms with van der Waals surface area (Å²) in [6.07, 6.45) is 13.0. The SMILES string of the molecule is CCCC[N+](CCCC)(CCCC)C(CCC)C(C)C1Cc2cccc3cccc1c23.[O-]B(OC1Cc2cccc3cccc1c23)OC1Cc2cccc3cccc1c23. The van der Waals surface area contributed by atoms with Gasteiger partial charge in [-0.2, -0.15) is 0 Å². The molecular formula is C54H66BNO3. The van der Waals surface area contributed by atoms with Gasteiger partial charge < -0.3 is 18.8 Å². The van der Waals surface area contributed by atoms with Crippen molar-refractivity contribution in [1.29, 1.82) is 0 Å². The van der Waals surface area contributed by atoms with Crippen LogP contribution in [0.4, 0.5) is 0 Å². The highest BCUT2D eigenvalue weighted by atomic mass is 16.7. The van der Waals surface area contributed by atoms with Crippen molar-refractivity contribution in [3.05, 3.63) is 143 Å². The van der Waals surface area contributed by atoms with E-state index >= 15 is 0 Å². The van der Waals surface area contributed by atoms with Gasteiger partial charge in [0.1, 0.15) is 0 Å². The van der Waals surface area contributed by atoms with Gasteiger partial charge in [0.05, 0.1) is 37.9 Å². The quantitative estimate of drug-likeness (QED) is 0.0643. The van der Waals surface area contributed by atoms with Gasteiger partial charge in [0, 0.05) is 18.8 Å². The molecule has 308 valence electrons. The third kappa shape index (κ3) is 8.38. The summed E-state index contributed by atoms with van der Waals surface area (Å²) in [6.45, 7) is 16.3. The molecule has 0 fully saturated rings. The first kappa shape index (κ1) is 41.7. The first-order valence-corrected chi connectivity index (χ1v) is 23.2. The van der Waals surface area contributed by atoms with Crippen molar-refractivity contribution >= 4 is 39.6 Å². The van der Waals surface area contributed by atoms with Crippen LogP contribution in [-0.2, 0) is 28.6 Å². The molecule has 6 aromatic rings. The highest BCUT2D eigenvalue weighted by molar-refractivity contribution is 6.32. The number of rotatable bonds is 18. The molecule has 0 bridgehead atoms. The molecule has 0 heterocycles. The summed E-state index contributed by atoms with van der Waals surface area (Å²) in [5, 5.41) is 20.6. The minimum absolute atomic E-state index is 0.247. The second-order valence-corrected chi connectivity index (χ2v) is 18.0. The Balaban J connectivity index is 0.000000164. The zero-order valence-corrected chi connectivity index (χ0v) is 36.4. The van der Waals surface area contributed by atoms with Gasteiger partial charge in [-0.05, 0) is 104 Å². The number of unbranched alkanes of at least 4 members (excludes halogenated alkanes) is 3. The molecule has 0 spiro atoms. The van der Waals surface area contributed by atoms with Crippen molar-refractivity contribution in [2.45, 2.75) is 129 Å². The van der Waals surface area contributed by atoms with Gasteiger partial charge in [0.15, 0.2) is 0 Å². The largest absolute Gasteiger partial charge is 0.832 e. The smallest absolute Gasteiger partial charge is 0.346 e. The molecule has 5 unspecified atom stereocenters. The molecule has 5 heteroatoms. The zero-order valence-electron chi connectivity index (χ0n) is 36.4. The van der Waals surface area contributed by atoms with Crippen molar-refractivity contribution in [2.24, 2.45) is 5.92 Å². The molecule has 0 aromatic heterocycles.